The Morgan fingerprint density at radius 3 is 2.55 bits per heavy atom. The van der Waals surface area contributed by atoms with Crippen LogP contribution in [0.2, 0.25) is 0 Å². The lowest BCUT2D eigenvalue weighted by Gasteiger charge is -2.18. The summed E-state index contributed by atoms with van der Waals surface area (Å²) in [5, 5.41) is 8.86. The number of nitrogens with two attached hydrogens (primary N) is 1. The van der Waals surface area contributed by atoms with Crippen molar-refractivity contribution >= 4 is 52.3 Å². The second kappa shape index (κ2) is 8.67. The molecule has 17 nitrogen and oxygen atoms in total. The average molecular weight is 523 g/mol. The van der Waals surface area contributed by atoms with E-state index in [4.69, 9.17) is 20.4 Å². The number of fused-ring (bicyclic) bond motifs is 1. The topological polar surface area (TPSA) is 270 Å². The molecule has 31 heavy (non-hydrogen) atoms. The molecule has 21 heteroatoms. The van der Waals surface area contributed by atoms with Gasteiger partial charge in [-0.3, -0.25) is 14.3 Å². The smallest absolute Gasteiger partial charge is 0.392 e. The second-order valence-electron chi connectivity index (χ2n) is 6.09. The Labute approximate surface area is 176 Å². The molecule has 0 aliphatic carbocycles. The summed E-state index contributed by atoms with van der Waals surface area (Å²) in [7, 11) is -16.5. The number of hydrogen-bond acceptors (Lipinski definition) is 12. The van der Waals surface area contributed by atoms with Crippen LogP contribution < -0.4 is 11.3 Å². The van der Waals surface area contributed by atoms with Crippen molar-refractivity contribution in [2.45, 2.75) is 23.1 Å². The Morgan fingerprint density at radius 1 is 1.23 bits per heavy atom. The molecule has 3 heterocycles. The first-order chi connectivity index (χ1) is 14.2. The fourth-order valence-corrected chi connectivity index (χ4v) is 7.24. The van der Waals surface area contributed by atoms with Crippen molar-refractivity contribution in [1.82, 2.24) is 19.5 Å². The minimum absolute atomic E-state index is 0.0148. The number of nitrogens with zero attached hydrogens (tertiary/aromatic N) is 3. The van der Waals surface area contributed by atoms with Crippen LogP contribution in [0.5, 0.6) is 0 Å². The molecule has 2 aromatic heterocycles. The van der Waals surface area contributed by atoms with Gasteiger partial charge in [0.05, 0.1) is 29.7 Å². The molecule has 0 spiro atoms. The third-order valence-electron chi connectivity index (χ3n) is 3.78. The molecule has 0 saturated carbocycles. The average Bonchev–Trinajstić information content (AvgIpc) is 3.13. The third kappa shape index (κ3) is 6.22. The van der Waals surface area contributed by atoms with E-state index in [0.717, 1.165) is 11.8 Å². The molecule has 0 radical (unpaired) electrons. The van der Waals surface area contributed by atoms with Crippen LogP contribution in [0.1, 0.15) is 11.8 Å². The van der Waals surface area contributed by atoms with Crippen LogP contribution in [0.15, 0.2) is 11.1 Å². The van der Waals surface area contributed by atoms with Crippen molar-refractivity contribution in [3.63, 3.8) is 0 Å². The predicted octanol–water partition coefficient (Wildman–Crippen LogP) is -0.590. The molecule has 5 atom stereocenters. The van der Waals surface area contributed by atoms with E-state index in [9.17, 15) is 28.5 Å². The van der Waals surface area contributed by atoms with Crippen molar-refractivity contribution in [3.05, 3.63) is 16.7 Å². The number of aliphatic hydroxyl groups is 1. The summed E-state index contributed by atoms with van der Waals surface area (Å²) in [6, 6.07) is 0. The van der Waals surface area contributed by atoms with Crippen molar-refractivity contribution in [3.8, 4) is 0 Å². The highest BCUT2D eigenvalue weighted by molar-refractivity contribution is 8.00. The molecule has 1 aliphatic rings. The molecule has 1 saturated heterocycles. The molecular weight excluding hydrogens is 507 g/mol. The van der Waals surface area contributed by atoms with E-state index in [-0.39, 0.29) is 23.5 Å². The van der Waals surface area contributed by atoms with Gasteiger partial charge in [-0.2, -0.15) is 13.6 Å². The fourth-order valence-electron chi connectivity index (χ4n) is 2.66. The summed E-state index contributed by atoms with van der Waals surface area (Å²) in [4.78, 5) is 57.8. The van der Waals surface area contributed by atoms with E-state index >= 15 is 0 Å². The van der Waals surface area contributed by atoms with Crippen LogP contribution in [0.3, 0.4) is 0 Å². The Balaban J connectivity index is 1.67. The summed E-state index contributed by atoms with van der Waals surface area (Å²) in [6.45, 7) is -0.658. The van der Waals surface area contributed by atoms with Crippen LogP contribution in [-0.2, 0) is 26.8 Å². The number of thioether (sulfide) groups is 1. The van der Waals surface area contributed by atoms with Crippen LogP contribution >= 0.6 is 35.2 Å². The lowest BCUT2D eigenvalue weighted by atomic mass is 10.2. The number of aromatic nitrogens is 4. The van der Waals surface area contributed by atoms with Crippen LogP contribution in [0.4, 0.5) is 5.95 Å². The Bertz CT molecular complexity index is 1180. The van der Waals surface area contributed by atoms with E-state index in [1.54, 1.807) is 0 Å². The van der Waals surface area contributed by atoms with E-state index in [1.807, 2.05) is 0 Å². The Morgan fingerprint density at radius 2 is 1.90 bits per heavy atom. The number of imidazole rings is 1. The number of nitrogens with one attached hydrogen (secondary N) is 1. The molecule has 1 aliphatic heterocycles. The van der Waals surface area contributed by atoms with E-state index in [0.29, 0.717) is 0 Å². The molecule has 3 unspecified atom stereocenters. The third-order valence-corrected chi connectivity index (χ3v) is 9.12. The van der Waals surface area contributed by atoms with Crippen molar-refractivity contribution in [1.29, 1.82) is 0 Å². The van der Waals surface area contributed by atoms with Gasteiger partial charge in [-0.05, 0) is 0 Å². The lowest BCUT2D eigenvalue weighted by molar-refractivity contribution is 0.126. The quantitative estimate of drug-likeness (QED) is 0.213. The standard InChI is InChI=1S/C10H16N5O12P3S/c11-10-13-8-7(9(17)14-10)12-3-15(8)6-1-4(16)5(31-6)2-25-29(21,22)27-30(23,24)26-28(18,19)20/h3-6,16H,1-2H2,(H,21,22)(H,23,24)(H2,18,19,20)(H3,11,13,14,17)/t4?,5-,6+/m1/s1. The number of aliphatic hydroxyl groups excluding tert-OH is 1. The zero-order valence-electron chi connectivity index (χ0n) is 15.0. The number of H-pyrrole nitrogens is 1. The number of phosphoric ester groups is 1. The summed E-state index contributed by atoms with van der Waals surface area (Å²) in [5.74, 6) is -0.146. The Kier molecular flexibility index (Phi) is 6.85. The SMILES string of the molecule is Nc1nc2c(ncn2[C@@H]2CC(O)[C@@H](COP(=O)(O)OP(=O)(O)OP(=O)(O)O)S2)c(=O)[nH]1. The van der Waals surface area contributed by atoms with Gasteiger partial charge >= 0.3 is 23.5 Å². The maximum absolute atomic E-state index is 11.9. The van der Waals surface area contributed by atoms with Gasteiger partial charge in [-0.25, -0.2) is 18.7 Å². The molecule has 1 fully saturated rings. The number of hydrogen-bond donors (Lipinski definition) is 7. The fraction of sp³-hybridized carbons (Fsp3) is 0.500. The van der Waals surface area contributed by atoms with E-state index < -0.39 is 52.4 Å². The minimum atomic E-state index is -5.64. The first kappa shape index (κ1) is 24.5. The molecule has 174 valence electrons. The molecule has 3 rings (SSSR count). The number of phosphoric acid groups is 3. The van der Waals surface area contributed by atoms with Gasteiger partial charge in [0, 0.05) is 6.42 Å². The van der Waals surface area contributed by atoms with Gasteiger partial charge < -0.3 is 35.0 Å². The van der Waals surface area contributed by atoms with Gasteiger partial charge in [-0.1, -0.05) is 0 Å². The van der Waals surface area contributed by atoms with Gasteiger partial charge in [0.1, 0.15) is 0 Å². The summed E-state index contributed by atoms with van der Waals surface area (Å²) < 4.78 is 47.0. The van der Waals surface area contributed by atoms with Gasteiger partial charge in [0.2, 0.25) is 5.95 Å². The molecule has 8 N–H and O–H groups in total. The van der Waals surface area contributed by atoms with E-state index in [2.05, 4.69) is 28.1 Å². The normalized spacial score (nSPS) is 26.0. The summed E-state index contributed by atoms with van der Waals surface area (Å²) >= 11 is 1.05. The Hall–Kier alpha value is -1.13. The minimum Gasteiger partial charge on any atom is -0.392 e. The largest absolute Gasteiger partial charge is 0.490 e. The molecule has 2 aromatic rings. The summed E-state index contributed by atoms with van der Waals surface area (Å²) in [6.07, 6.45) is 0.315. The van der Waals surface area contributed by atoms with Crippen molar-refractivity contribution in [2.75, 3.05) is 12.3 Å². The highest BCUT2D eigenvalue weighted by atomic mass is 32.2. The lowest BCUT2D eigenvalue weighted by Crippen LogP contribution is -2.22. The molecular formula is C10H16N5O12P3S. The number of nitrogen functional groups attached to an aromatic ring is 1. The second-order valence-corrected chi connectivity index (χ2v) is 11.9. The predicted molar refractivity (Wildman–Crippen MR) is 103 cm³/mol. The maximum Gasteiger partial charge on any atom is 0.490 e. The number of aromatic amines is 1. The first-order valence-electron chi connectivity index (χ1n) is 8.00. The van der Waals surface area contributed by atoms with Crippen LogP contribution in [0.25, 0.3) is 11.2 Å². The van der Waals surface area contributed by atoms with Crippen molar-refractivity contribution in [2.24, 2.45) is 0 Å². The highest BCUT2D eigenvalue weighted by Crippen LogP contribution is 2.66. The zero-order chi connectivity index (χ0) is 23.2. The van der Waals surface area contributed by atoms with Gasteiger partial charge in [0.25, 0.3) is 5.56 Å². The molecule has 0 aromatic carbocycles. The highest BCUT2D eigenvalue weighted by Gasteiger charge is 2.42. The molecule has 0 amide bonds. The zero-order valence-corrected chi connectivity index (χ0v) is 18.5. The monoisotopic (exact) mass is 523 g/mol. The van der Waals surface area contributed by atoms with Crippen molar-refractivity contribution < 1.29 is 51.5 Å². The summed E-state index contributed by atoms with van der Waals surface area (Å²) in [5.41, 5.74) is 5.14. The first-order valence-corrected chi connectivity index (χ1v) is 13.5. The molecule has 0 bridgehead atoms. The van der Waals surface area contributed by atoms with Gasteiger partial charge in [-0.15, -0.1) is 11.8 Å². The number of rotatable bonds is 8. The number of anilines is 1. The maximum atomic E-state index is 11.9. The van der Waals surface area contributed by atoms with E-state index in [1.165, 1.54) is 10.9 Å². The van der Waals surface area contributed by atoms with Crippen LogP contribution in [0, 0.1) is 0 Å². The van der Waals surface area contributed by atoms with Gasteiger partial charge in [0.15, 0.2) is 11.2 Å². The van der Waals surface area contributed by atoms with Crippen LogP contribution in [-0.4, -0.2) is 62.2 Å².